The van der Waals surface area contributed by atoms with Crippen molar-refractivity contribution in [2.24, 2.45) is 10.7 Å². The third-order valence-corrected chi connectivity index (χ3v) is 2.53. The minimum Gasteiger partial charge on any atom is -0.370 e. The molecule has 0 heterocycles. The molecule has 0 saturated carbocycles. The van der Waals surface area contributed by atoms with Gasteiger partial charge in [-0.2, -0.15) is 0 Å². The monoisotopic (exact) mass is 412 g/mol. The third-order valence-electron chi connectivity index (χ3n) is 2.16. The van der Waals surface area contributed by atoms with Crippen LogP contribution < -0.4 is 11.1 Å². The van der Waals surface area contributed by atoms with E-state index in [0.717, 1.165) is 0 Å². The largest absolute Gasteiger partial charge is 0.370 e. The van der Waals surface area contributed by atoms with Gasteiger partial charge in [0, 0.05) is 22.7 Å². The molecule has 0 radical (unpaired) electrons. The summed E-state index contributed by atoms with van der Waals surface area (Å²) >= 11 is 5.96. The molecule has 0 saturated heterocycles. The number of nitro groups is 1. The number of guanidine groups is 1. The fourth-order valence-corrected chi connectivity index (χ4v) is 1.57. The molecule has 0 spiro atoms. The molecule has 0 fully saturated rings. The quantitative estimate of drug-likeness (QED) is 0.262. The highest BCUT2D eigenvalue weighted by atomic mass is 127. The number of benzene rings is 1. The topological polar surface area (TPSA) is 93.5 Å². The van der Waals surface area contributed by atoms with Crippen molar-refractivity contribution in [2.45, 2.75) is 32.9 Å². The van der Waals surface area contributed by atoms with Gasteiger partial charge < -0.3 is 11.1 Å². The van der Waals surface area contributed by atoms with Gasteiger partial charge >= 0.3 is 0 Å². The van der Waals surface area contributed by atoms with E-state index in [-0.39, 0.29) is 47.7 Å². The van der Waals surface area contributed by atoms with E-state index in [1.807, 2.05) is 20.8 Å². The summed E-state index contributed by atoms with van der Waals surface area (Å²) in [5.41, 5.74) is 6.07. The molecule has 0 amide bonds. The molecule has 0 atom stereocenters. The lowest BCUT2D eigenvalue weighted by atomic mass is 10.1. The molecule has 0 bridgehead atoms. The maximum Gasteiger partial charge on any atom is 0.269 e. The molecule has 1 aromatic carbocycles. The maximum atomic E-state index is 10.7. The van der Waals surface area contributed by atoms with Crippen molar-refractivity contribution in [3.05, 3.63) is 38.9 Å². The fourth-order valence-electron chi connectivity index (χ4n) is 1.39. The predicted octanol–water partition coefficient (Wildman–Crippen LogP) is 3.07. The Labute approximate surface area is 140 Å². The Bertz CT molecular complexity index is 515. The molecule has 0 aliphatic carbocycles. The normalized spacial score (nSPS) is 11.7. The molecule has 1 rings (SSSR count). The van der Waals surface area contributed by atoms with E-state index >= 15 is 0 Å². The zero-order chi connectivity index (χ0) is 14.6. The smallest absolute Gasteiger partial charge is 0.269 e. The standard InChI is InChI=1S/C12H17ClN4O2.HI/c1-12(2,3)16-11(14)15-7-8-6-9(17(18)19)4-5-10(8)13;/h4-6H,7H2,1-3H3,(H3,14,15,16);1H. The number of hydrogen-bond donors (Lipinski definition) is 2. The van der Waals surface area contributed by atoms with E-state index < -0.39 is 4.92 Å². The average Bonchev–Trinajstić information content (AvgIpc) is 2.25. The molecule has 0 aliphatic heterocycles. The number of nitrogens with one attached hydrogen (secondary N) is 1. The lowest BCUT2D eigenvalue weighted by molar-refractivity contribution is -0.384. The Morgan fingerprint density at radius 1 is 1.50 bits per heavy atom. The first-order chi connectivity index (χ1) is 8.69. The molecule has 8 heteroatoms. The van der Waals surface area contributed by atoms with Gasteiger partial charge in [-0.25, -0.2) is 4.99 Å². The molecule has 20 heavy (non-hydrogen) atoms. The Morgan fingerprint density at radius 3 is 2.60 bits per heavy atom. The summed E-state index contributed by atoms with van der Waals surface area (Å²) in [6.45, 7) is 6.05. The highest BCUT2D eigenvalue weighted by molar-refractivity contribution is 14.0. The first-order valence-corrected chi connectivity index (χ1v) is 6.08. The number of rotatable bonds is 3. The summed E-state index contributed by atoms with van der Waals surface area (Å²) in [6.07, 6.45) is 0. The molecular formula is C12H18ClIN4O2. The molecule has 6 nitrogen and oxygen atoms in total. The van der Waals surface area contributed by atoms with Crippen molar-refractivity contribution in [3.63, 3.8) is 0 Å². The lowest BCUT2D eigenvalue weighted by Crippen LogP contribution is -2.44. The molecule has 0 aliphatic rings. The lowest BCUT2D eigenvalue weighted by Gasteiger charge is -2.21. The fraction of sp³-hybridized carbons (Fsp3) is 0.417. The number of nitrogens with two attached hydrogens (primary N) is 1. The number of nitro benzene ring substituents is 1. The Hall–Kier alpha value is -1.09. The van der Waals surface area contributed by atoms with Crippen LogP contribution in [0.3, 0.4) is 0 Å². The van der Waals surface area contributed by atoms with Crippen molar-refractivity contribution in [3.8, 4) is 0 Å². The first kappa shape index (κ1) is 18.9. The SMILES string of the molecule is CC(C)(C)NC(N)=NCc1cc([N+](=O)[O-])ccc1Cl.I. The first-order valence-electron chi connectivity index (χ1n) is 5.70. The van der Waals surface area contributed by atoms with Crippen LogP contribution in [0.1, 0.15) is 26.3 Å². The van der Waals surface area contributed by atoms with Crippen molar-refractivity contribution < 1.29 is 4.92 Å². The van der Waals surface area contributed by atoms with Crippen LogP contribution in [0.15, 0.2) is 23.2 Å². The summed E-state index contributed by atoms with van der Waals surface area (Å²) in [5.74, 6) is 0.273. The summed E-state index contributed by atoms with van der Waals surface area (Å²) in [6, 6.07) is 4.24. The minimum absolute atomic E-state index is 0. The van der Waals surface area contributed by atoms with Gasteiger partial charge in [0.2, 0.25) is 0 Å². The Kier molecular flexibility index (Phi) is 7.21. The van der Waals surface area contributed by atoms with Gasteiger partial charge in [0.25, 0.3) is 5.69 Å². The summed E-state index contributed by atoms with van der Waals surface area (Å²) in [7, 11) is 0. The number of aliphatic imine (C=N–C) groups is 1. The van der Waals surface area contributed by atoms with Gasteiger partial charge in [-0.05, 0) is 32.4 Å². The Balaban J connectivity index is 0.00000361. The van der Waals surface area contributed by atoms with Crippen LogP contribution in [-0.2, 0) is 6.54 Å². The summed E-state index contributed by atoms with van der Waals surface area (Å²) in [5, 5.41) is 14.1. The van der Waals surface area contributed by atoms with E-state index in [2.05, 4.69) is 10.3 Å². The third kappa shape index (κ3) is 6.38. The predicted molar refractivity (Wildman–Crippen MR) is 91.7 cm³/mol. The van der Waals surface area contributed by atoms with Gasteiger partial charge in [-0.3, -0.25) is 10.1 Å². The summed E-state index contributed by atoms with van der Waals surface area (Å²) in [4.78, 5) is 14.3. The zero-order valence-corrected chi connectivity index (χ0v) is 14.6. The molecule has 112 valence electrons. The van der Waals surface area contributed by atoms with E-state index in [1.54, 1.807) is 0 Å². The second kappa shape index (κ2) is 7.63. The van der Waals surface area contributed by atoms with Crippen molar-refractivity contribution in [2.75, 3.05) is 0 Å². The van der Waals surface area contributed by atoms with Crippen LogP contribution in [-0.4, -0.2) is 16.4 Å². The second-order valence-corrected chi connectivity index (χ2v) is 5.52. The number of nitrogens with zero attached hydrogens (tertiary/aromatic N) is 2. The molecule has 1 aromatic rings. The minimum atomic E-state index is -0.472. The molecular weight excluding hydrogens is 395 g/mol. The van der Waals surface area contributed by atoms with E-state index in [1.165, 1.54) is 18.2 Å². The van der Waals surface area contributed by atoms with Gasteiger partial charge in [0.05, 0.1) is 11.5 Å². The van der Waals surface area contributed by atoms with Crippen LogP contribution in [0.2, 0.25) is 5.02 Å². The van der Waals surface area contributed by atoms with Crippen LogP contribution in [0.4, 0.5) is 5.69 Å². The van der Waals surface area contributed by atoms with E-state index in [9.17, 15) is 10.1 Å². The van der Waals surface area contributed by atoms with Crippen molar-refractivity contribution in [1.29, 1.82) is 0 Å². The highest BCUT2D eigenvalue weighted by Crippen LogP contribution is 2.22. The van der Waals surface area contributed by atoms with Crippen molar-refractivity contribution >= 4 is 47.2 Å². The second-order valence-electron chi connectivity index (χ2n) is 5.11. The van der Waals surface area contributed by atoms with E-state index in [4.69, 9.17) is 17.3 Å². The van der Waals surface area contributed by atoms with Crippen LogP contribution in [0.5, 0.6) is 0 Å². The number of hydrogen-bond acceptors (Lipinski definition) is 3. The Morgan fingerprint density at radius 2 is 2.10 bits per heavy atom. The highest BCUT2D eigenvalue weighted by Gasteiger charge is 2.11. The average molecular weight is 413 g/mol. The van der Waals surface area contributed by atoms with Gasteiger partial charge in [-0.15, -0.1) is 24.0 Å². The van der Waals surface area contributed by atoms with Gasteiger partial charge in [-0.1, -0.05) is 11.6 Å². The van der Waals surface area contributed by atoms with Crippen LogP contribution in [0.25, 0.3) is 0 Å². The number of halogens is 2. The maximum absolute atomic E-state index is 10.7. The zero-order valence-electron chi connectivity index (χ0n) is 11.5. The van der Waals surface area contributed by atoms with Gasteiger partial charge in [0.15, 0.2) is 5.96 Å². The van der Waals surface area contributed by atoms with E-state index in [0.29, 0.717) is 10.6 Å². The van der Waals surface area contributed by atoms with Crippen molar-refractivity contribution in [1.82, 2.24) is 5.32 Å². The summed E-state index contributed by atoms with van der Waals surface area (Å²) < 4.78 is 0. The van der Waals surface area contributed by atoms with Crippen LogP contribution in [0, 0.1) is 10.1 Å². The number of non-ortho nitro benzene ring substituents is 1. The van der Waals surface area contributed by atoms with Gasteiger partial charge in [0.1, 0.15) is 0 Å². The molecule has 0 unspecified atom stereocenters. The molecule has 0 aromatic heterocycles. The van der Waals surface area contributed by atoms with Crippen LogP contribution >= 0.6 is 35.6 Å². The molecule has 3 N–H and O–H groups in total.